The molecule has 3 N–H and O–H groups in total. The number of likely N-dealkylation sites (N-methyl/N-ethyl adjacent to an activating group) is 1. The van der Waals surface area contributed by atoms with Gasteiger partial charge in [-0.3, -0.25) is 9.05 Å². The Morgan fingerprint density at radius 1 is 1.42 bits per heavy atom. The minimum Gasteiger partial charge on any atom is -0.392 e. The molecular formula is C10H26N2O6P+. The molecule has 0 rings (SSSR count). The monoisotopic (exact) mass is 301 g/mol. The van der Waals surface area contributed by atoms with Crippen molar-refractivity contribution in [3.8, 4) is 0 Å². The van der Waals surface area contributed by atoms with Crippen molar-refractivity contribution in [1.82, 2.24) is 4.90 Å². The van der Waals surface area contributed by atoms with Gasteiger partial charge in [-0.25, -0.2) is 9.46 Å². The minimum atomic E-state index is -3.94. The number of aliphatic hydroxyl groups is 2. The van der Waals surface area contributed by atoms with Gasteiger partial charge in [0.2, 0.25) is 0 Å². The largest absolute Gasteiger partial charge is 0.472 e. The van der Waals surface area contributed by atoms with Crippen LogP contribution in [0.4, 0.5) is 0 Å². The molecule has 0 aliphatic rings. The summed E-state index contributed by atoms with van der Waals surface area (Å²) in [5, 5.41) is 18.5. The molecule has 0 aromatic rings. The number of hydrogen-bond acceptors (Lipinski definition) is 6. The van der Waals surface area contributed by atoms with E-state index in [0.717, 1.165) is 7.11 Å². The smallest absolute Gasteiger partial charge is 0.392 e. The van der Waals surface area contributed by atoms with E-state index < -0.39 is 13.9 Å². The molecule has 2 atom stereocenters. The van der Waals surface area contributed by atoms with Crippen LogP contribution in [-0.4, -0.2) is 84.9 Å². The number of aliphatic hydroxyl groups excluding tert-OH is 2. The van der Waals surface area contributed by atoms with Gasteiger partial charge in [0.15, 0.2) is 0 Å². The molecule has 9 heteroatoms. The maximum atomic E-state index is 11.1. The highest BCUT2D eigenvalue weighted by atomic mass is 31.2. The van der Waals surface area contributed by atoms with Gasteiger partial charge >= 0.3 is 7.82 Å². The molecule has 0 radical (unpaired) electrons. The summed E-state index contributed by atoms with van der Waals surface area (Å²) in [7, 11) is 0.956. The molecular weight excluding hydrogens is 275 g/mol. The standard InChI is InChI=1S/C10H25N2O6P/c1-10(14)7-11(9-13)8-12(2,3)5-6-18-19(15,16)17-4/h10,13-14H,5-9H2,1-4H3/p+1. The Bertz CT molecular complexity index is 300. The molecule has 0 spiro atoms. The predicted octanol–water partition coefficient (Wildman–Crippen LogP) is -0.584. The third-order valence-corrected chi connectivity index (χ3v) is 3.46. The molecule has 0 aromatic carbocycles. The van der Waals surface area contributed by atoms with Crippen molar-refractivity contribution in [2.24, 2.45) is 0 Å². The third kappa shape index (κ3) is 9.48. The van der Waals surface area contributed by atoms with E-state index in [4.69, 9.17) is 9.42 Å². The van der Waals surface area contributed by atoms with Crippen molar-refractivity contribution in [1.29, 1.82) is 0 Å². The average Bonchev–Trinajstić information content (AvgIpc) is 2.26. The van der Waals surface area contributed by atoms with Crippen LogP contribution in [0, 0.1) is 0 Å². The summed E-state index contributed by atoms with van der Waals surface area (Å²) in [5.41, 5.74) is 0. The van der Waals surface area contributed by atoms with Crippen LogP contribution in [0.2, 0.25) is 0 Å². The van der Waals surface area contributed by atoms with Crippen molar-refractivity contribution < 1.29 is 33.2 Å². The maximum absolute atomic E-state index is 11.1. The summed E-state index contributed by atoms with van der Waals surface area (Å²) in [6.45, 7) is 2.84. The van der Waals surface area contributed by atoms with Crippen LogP contribution in [-0.2, 0) is 13.6 Å². The van der Waals surface area contributed by atoms with Crippen LogP contribution >= 0.6 is 7.82 Å². The Hall–Kier alpha value is -0.0500. The molecule has 19 heavy (non-hydrogen) atoms. The molecule has 0 fully saturated rings. The fourth-order valence-electron chi connectivity index (χ4n) is 1.60. The summed E-state index contributed by atoms with van der Waals surface area (Å²) >= 11 is 0. The summed E-state index contributed by atoms with van der Waals surface area (Å²) in [4.78, 5) is 10.8. The van der Waals surface area contributed by atoms with Crippen LogP contribution in [0.3, 0.4) is 0 Å². The Kier molecular flexibility index (Phi) is 8.26. The molecule has 0 bridgehead atoms. The summed E-state index contributed by atoms with van der Waals surface area (Å²) in [6.07, 6.45) is -0.533. The molecule has 0 saturated heterocycles. The number of phosphoric acid groups is 1. The van der Waals surface area contributed by atoms with Crippen molar-refractivity contribution >= 4 is 7.82 Å². The lowest BCUT2D eigenvalue weighted by Crippen LogP contribution is -2.51. The summed E-state index contributed by atoms with van der Waals surface area (Å²) in [6, 6.07) is 0. The number of phosphoric ester groups is 1. The van der Waals surface area contributed by atoms with Crippen molar-refractivity contribution in [3.05, 3.63) is 0 Å². The van der Waals surface area contributed by atoms with Crippen molar-refractivity contribution in [2.45, 2.75) is 13.0 Å². The van der Waals surface area contributed by atoms with E-state index in [1.807, 2.05) is 14.1 Å². The highest BCUT2D eigenvalue weighted by molar-refractivity contribution is 7.47. The quantitative estimate of drug-likeness (QED) is 0.282. The molecule has 0 aliphatic carbocycles. The first-order chi connectivity index (χ1) is 8.62. The lowest BCUT2D eigenvalue weighted by Gasteiger charge is -2.34. The second-order valence-electron chi connectivity index (χ2n) is 5.13. The van der Waals surface area contributed by atoms with E-state index in [0.29, 0.717) is 24.2 Å². The van der Waals surface area contributed by atoms with Crippen molar-refractivity contribution in [2.75, 3.05) is 54.3 Å². The topological polar surface area (TPSA) is 99.5 Å². The number of rotatable bonds is 10. The van der Waals surface area contributed by atoms with Crippen LogP contribution in [0.1, 0.15) is 6.92 Å². The van der Waals surface area contributed by atoms with Crippen LogP contribution in [0.25, 0.3) is 0 Å². The van der Waals surface area contributed by atoms with E-state index in [2.05, 4.69) is 4.52 Å². The van der Waals surface area contributed by atoms with Gasteiger partial charge < -0.3 is 19.6 Å². The first kappa shape index (κ1) is 18.9. The Labute approximate surface area is 114 Å². The van der Waals surface area contributed by atoms with E-state index >= 15 is 0 Å². The van der Waals surface area contributed by atoms with Gasteiger partial charge in [0, 0.05) is 13.7 Å². The zero-order valence-electron chi connectivity index (χ0n) is 12.0. The lowest BCUT2D eigenvalue weighted by molar-refractivity contribution is -0.901. The first-order valence-electron chi connectivity index (χ1n) is 5.98. The number of nitrogens with zero attached hydrogens (tertiary/aromatic N) is 2. The fourth-order valence-corrected chi connectivity index (χ4v) is 2.02. The van der Waals surface area contributed by atoms with Crippen LogP contribution in [0.5, 0.6) is 0 Å². The molecule has 0 aromatic heterocycles. The number of quaternary nitrogens is 1. The lowest BCUT2D eigenvalue weighted by atomic mass is 10.4. The third-order valence-electron chi connectivity index (χ3n) is 2.49. The molecule has 0 saturated carbocycles. The fraction of sp³-hybridized carbons (Fsp3) is 1.00. The Morgan fingerprint density at radius 2 is 2.00 bits per heavy atom. The van der Waals surface area contributed by atoms with E-state index in [-0.39, 0.29) is 13.3 Å². The zero-order chi connectivity index (χ0) is 15.1. The van der Waals surface area contributed by atoms with Gasteiger partial charge in [-0.15, -0.1) is 0 Å². The predicted molar refractivity (Wildman–Crippen MR) is 70.1 cm³/mol. The molecule has 0 amide bonds. The van der Waals surface area contributed by atoms with Gasteiger partial charge in [0.25, 0.3) is 0 Å². The SMILES string of the molecule is COP(=O)(O)OCC[N+](C)(C)CN(CO)CC(C)O. The Morgan fingerprint density at radius 3 is 2.42 bits per heavy atom. The average molecular weight is 301 g/mol. The zero-order valence-corrected chi connectivity index (χ0v) is 12.9. The highest BCUT2D eigenvalue weighted by Gasteiger charge is 2.24. The van der Waals surface area contributed by atoms with Gasteiger partial charge in [0.05, 0.1) is 20.2 Å². The van der Waals surface area contributed by atoms with E-state index in [9.17, 15) is 14.8 Å². The first-order valence-corrected chi connectivity index (χ1v) is 7.48. The van der Waals surface area contributed by atoms with Gasteiger partial charge in [-0.05, 0) is 6.92 Å². The molecule has 2 unspecified atom stereocenters. The van der Waals surface area contributed by atoms with Gasteiger partial charge in [-0.1, -0.05) is 0 Å². The number of hydrogen-bond donors (Lipinski definition) is 3. The molecule has 0 heterocycles. The maximum Gasteiger partial charge on any atom is 0.472 e. The normalized spacial score (nSPS) is 17.5. The summed E-state index contributed by atoms with van der Waals surface area (Å²) < 4.78 is 20.6. The van der Waals surface area contributed by atoms with Crippen LogP contribution in [0.15, 0.2) is 0 Å². The van der Waals surface area contributed by atoms with E-state index in [1.54, 1.807) is 11.8 Å². The van der Waals surface area contributed by atoms with E-state index in [1.165, 1.54) is 0 Å². The minimum absolute atomic E-state index is 0.0581. The molecule has 8 nitrogen and oxygen atoms in total. The summed E-state index contributed by atoms with van der Waals surface area (Å²) in [5.74, 6) is 0. The second kappa shape index (κ2) is 8.28. The van der Waals surface area contributed by atoms with Crippen molar-refractivity contribution in [3.63, 3.8) is 0 Å². The van der Waals surface area contributed by atoms with Crippen LogP contribution < -0.4 is 0 Å². The van der Waals surface area contributed by atoms with Gasteiger partial charge in [0.1, 0.15) is 26.6 Å². The van der Waals surface area contributed by atoms with Gasteiger partial charge in [-0.2, -0.15) is 0 Å². The second-order valence-corrected chi connectivity index (χ2v) is 6.69. The molecule has 0 aliphatic heterocycles. The highest BCUT2D eigenvalue weighted by Crippen LogP contribution is 2.41. The molecule has 116 valence electrons. The Balaban J connectivity index is 4.19.